The van der Waals surface area contributed by atoms with Crippen LogP contribution >= 0.6 is 0 Å². The molecule has 1 saturated carbocycles. The molecule has 0 spiro atoms. The highest BCUT2D eigenvalue weighted by Crippen LogP contribution is 2.29. The highest BCUT2D eigenvalue weighted by Gasteiger charge is 2.30. The summed E-state index contributed by atoms with van der Waals surface area (Å²) in [7, 11) is 1.87. The van der Waals surface area contributed by atoms with Crippen LogP contribution in [-0.2, 0) is 11.8 Å². The van der Waals surface area contributed by atoms with Gasteiger partial charge in [-0.3, -0.25) is 9.48 Å². The average molecular weight is 293 g/mol. The summed E-state index contributed by atoms with van der Waals surface area (Å²) in [6.07, 6.45) is 5.69. The van der Waals surface area contributed by atoms with Crippen LogP contribution in [0.3, 0.4) is 0 Å². The first kappa shape index (κ1) is 14.4. The molecule has 1 N–H and O–H groups in total. The molecular formula is C18H19N3O. The van der Waals surface area contributed by atoms with Gasteiger partial charge in [-0.1, -0.05) is 24.0 Å². The summed E-state index contributed by atoms with van der Waals surface area (Å²) in [5.41, 5.74) is 2.95. The van der Waals surface area contributed by atoms with Crippen molar-refractivity contribution in [2.45, 2.75) is 25.8 Å². The summed E-state index contributed by atoms with van der Waals surface area (Å²) in [5, 5.41) is 7.14. The number of aryl methyl sites for hydroxylation is 1. The van der Waals surface area contributed by atoms with E-state index in [0.717, 1.165) is 29.5 Å². The summed E-state index contributed by atoms with van der Waals surface area (Å²) >= 11 is 0. The van der Waals surface area contributed by atoms with Crippen LogP contribution in [0.1, 0.15) is 42.5 Å². The molecule has 0 unspecified atom stereocenters. The van der Waals surface area contributed by atoms with Crippen molar-refractivity contribution in [1.29, 1.82) is 0 Å². The van der Waals surface area contributed by atoms with Crippen LogP contribution in [0.25, 0.3) is 0 Å². The van der Waals surface area contributed by atoms with E-state index in [1.165, 1.54) is 0 Å². The minimum atomic E-state index is 0.0356. The van der Waals surface area contributed by atoms with Crippen LogP contribution in [0.15, 0.2) is 36.7 Å². The molecule has 22 heavy (non-hydrogen) atoms. The van der Waals surface area contributed by atoms with E-state index in [-0.39, 0.29) is 17.9 Å². The van der Waals surface area contributed by atoms with Gasteiger partial charge in [0, 0.05) is 24.7 Å². The van der Waals surface area contributed by atoms with Crippen molar-refractivity contribution in [2.75, 3.05) is 0 Å². The number of carbonyl (C=O) groups excluding carboxylic acids is 1. The van der Waals surface area contributed by atoms with E-state index in [1.807, 2.05) is 44.4 Å². The first-order valence-electron chi connectivity index (χ1n) is 7.53. The molecule has 1 aromatic carbocycles. The van der Waals surface area contributed by atoms with Gasteiger partial charge in [0.1, 0.15) is 0 Å². The molecule has 4 nitrogen and oxygen atoms in total. The molecule has 4 heteroatoms. The number of benzene rings is 1. The zero-order valence-electron chi connectivity index (χ0n) is 12.8. The molecule has 2 aromatic rings. The molecule has 0 bridgehead atoms. The largest absolute Gasteiger partial charge is 0.349 e. The van der Waals surface area contributed by atoms with Crippen molar-refractivity contribution < 1.29 is 4.79 Å². The quantitative estimate of drug-likeness (QED) is 0.883. The van der Waals surface area contributed by atoms with E-state index >= 15 is 0 Å². The summed E-state index contributed by atoms with van der Waals surface area (Å²) in [6.45, 7) is 2.01. The molecule has 0 saturated heterocycles. The monoisotopic (exact) mass is 293 g/mol. The van der Waals surface area contributed by atoms with Gasteiger partial charge in [0.05, 0.1) is 17.8 Å². The predicted octanol–water partition coefficient (Wildman–Crippen LogP) is 2.41. The van der Waals surface area contributed by atoms with Gasteiger partial charge in [-0.15, -0.1) is 0 Å². The van der Waals surface area contributed by atoms with Gasteiger partial charge in [-0.05, 0) is 37.5 Å². The van der Waals surface area contributed by atoms with Crippen LogP contribution in [0.5, 0.6) is 0 Å². The molecule has 3 rings (SSSR count). The molecule has 1 aliphatic carbocycles. The molecular weight excluding hydrogens is 274 g/mol. The Morgan fingerprint density at radius 2 is 1.95 bits per heavy atom. The first-order chi connectivity index (χ1) is 10.6. The minimum absolute atomic E-state index is 0.0356. The fraction of sp³-hybridized carbons (Fsp3) is 0.333. The Morgan fingerprint density at radius 3 is 2.55 bits per heavy atom. The van der Waals surface area contributed by atoms with Crippen molar-refractivity contribution in [1.82, 2.24) is 15.1 Å². The summed E-state index contributed by atoms with van der Waals surface area (Å²) in [5.74, 6) is 6.62. The van der Waals surface area contributed by atoms with Gasteiger partial charge in [0.25, 0.3) is 0 Å². The Labute approximate surface area is 130 Å². The smallest absolute Gasteiger partial charge is 0.223 e. The zero-order valence-corrected chi connectivity index (χ0v) is 12.8. The van der Waals surface area contributed by atoms with Crippen molar-refractivity contribution >= 4 is 5.91 Å². The van der Waals surface area contributed by atoms with Gasteiger partial charge >= 0.3 is 0 Å². The van der Waals surface area contributed by atoms with Gasteiger partial charge in [0.2, 0.25) is 5.91 Å². The topological polar surface area (TPSA) is 46.9 Å². The number of carbonyl (C=O) groups is 1. The predicted molar refractivity (Wildman–Crippen MR) is 84.9 cm³/mol. The number of rotatable bonds is 3. The number of nitrogens with zero attached hydrogens (tertiary/aromatic N) is 2. The molecule has 1 aromatic heterocycles. The lowest BCUT2D eigenvalue weighted by Crippen LogP contribution is -2.27. The maximum atomic E-state index is 11.8. The SMILES string of the molecule is C[C@H](NC(=O)C1CC1)c1ccc(C#Cc2cnn(C)c2)cc1. The molecule has 1 amide bonds. The lowest BCUT2D eigenvalue weighted by atomic mass is 10.1. The number of aromatic nitrogens is 2. The van der Waals surface area contributed by atoms with E-state index in [4.69, 9.17) is 0 Å². The number of hydrogen-bond donors (Lipinski definition) is 1. The van der Waals surface area contributed by atoms with Crippen LogP contribution in [0.4, 0.5) is 0 Å². The van der Waals surface area contributed by atoms with Crippen molar-refractivity contribution in [3.8, 4) is 11.8 Å². The number of amides is 1. The van der Waals surface area contributed by atoms with Gasteiger partial charge < -0.3 is 5.32 Å². The van der Waals surface area contributed by atoms with E-state index in [1.54, 1.807) is 10.9 Å². The molecule has 1 atom stereocenters. The van der Waals surface area contributed by atoms with E-state index < -0.39 is 0 Å². The van der Waals surface area contributed by atoms with Gasteiger partial charge in [-0.25, -0.2) is 0 Å². The molecule has 112 valence electrons. The Morgan fingerprint density at radius 1 is 1.27 bits per heavy atom. The van der Waals surface area contributed by atoms with Crippen molar-refractivity contribution in [2.24, 2.45) is 13.0 Å². The second-order valence-electron chi connectivity index (χ2n) is 5.78. The molecule has 0 aliphatic heterocycles. The van der Waals surface area contributed by atoms with Crippen LogP contribution in [0.2, 0.25) is 0 Å². The molecule has 0 radical (unpaired) electrons. The van der Waals surface area contributed by atoms with Crippen LogP contribution < -0.4 is 5.32 Å². The summed E-state index contributed by atoms with van der Waals surface area (Å²) in [6, 6.07) is 8.04. The molecule has 1 heterocycles. The van der Waals surface area contributed by atoms with Gasteiger partial charge in [-0.2, -0.15) is 5.10 Å². The minimum Gasteiger partial charge on any atom is -0.349 e. The fourth-order valence-electron chi connectivity index (χ4n) is 2.25. The Kier molecular flexibility index (Phi) is 3.97. The summed E-state index contributed by atoms with van der Waals surface area (Å²) in [4.78, 5) is 11.8. The van der Waals surface area contributed by atoms with Crippen LogP contribution in [0, 0.1) is 17.8 Å². The number of hydrogen-bond acceptors (Lipinski definition) is 2. The van der Waals surface area contributed by atoms with E-state index in [9.17, 15) is 4.79 Å². The number of nitrogens with one attached hydrogen (secondary N) is 1. The Balaban J connectivity index is 1.64. The van der Waals surface area contributed by atoms with Gasteiger partial charge in [0.15, 0.2) is 0 Å². The second kappa shape index (κ2) is 6.07. The van der Waals surface area contributed by atoms with E-state index in [2.05, 4.69) is 22.3 Å². The second-order valence-corrected chi connectivity index (χ2v) is 5.78. The molecule has 1 aliphatic rings. The molecule has 1 fully saturated rings. The third kappa shape index (κ3) is 3.56. The normalized spacial score (nSPS) is 14.8. The van der Waals surface area contributed by atoms with Crippen molar-refractivity contribution in [3.05, 3.63) is 53.3 Å². The zero-order chi connectivity index (χ0) is 15.5. The lowest BCUT2D eigenvalue weighted by molar-refractivity contribution is -0.122. The Bertz CT molecular complexity index is 730. The Hall–Kier alpha value is -2.54. The standard InChI is InChI=1S/C18H19N3O/c1-13(20-18(22)17-9-10-17)16-7-5-14(6-8-16)3-4-15-11-19-21(2)12-15/h5-8,11-13,17H,9-10H2,1-2H3,(H,20,22)/t13-/m0/s1. The van der Waals surface area contributed by atoms with Crippen LogP contribution in [-0.4, -0.2) is 15.7 Å². The third-order valence-electron chi connectivity index (χ3n) is 3.77. The third-order valence-corrected chi connectivity index (χ3v) is 3.77. The lowest BCUT2D eigenvalue weighted by Gasteiger charge is -2.14. The average Bonchev–Trinajstić information content (AvgIpc) is 3.29. The fourth-order valence-corrected chi connectivity index (χ4v) is 2.25. The highest BCUT2D eigenvalue weighted by molar-refractivity contribution is 5.81. The summed E-state index contributed by atoms with van der Waals surface area (Å²) < 4.78 is 1.73. The maximum Gasteiger partial charge on any atom is 0.223 e. The first-order valence-corrected chi connectivity index (χ1v) is 7.53. The highest BCUT2D eigenvalue weighted by atomic mass is 16.2. The maximum absolute atomic E-state index is 11.8. The van der Waals surface area contributed by atoms with Crippen molar-refractivity contribution in [3.63, 3.8) is 0 Å². The van der Waals surface area contributed by atoms with E-state index in [0.29, 0.717) is 0 Å².